The van der Waals surface area contributed by atoms with E-state index in [0.717, 1.165) is 16.7 Å². The van der Waals surface area contributed by atoms with Crippen LogP contribution in [0.1, 0.15) is 13.3 Å². The molecule has 0 aliphatic carbocycles. The van der Waals surface area contributed by atoms with Crippen molar-refractivity contribution in [2.24, 2.45) is 14.1 Å². The van der Waals surface area contributed by atoms with Crippen molar-refractivity contribution in [3.05, 3.63) is 20.8 Å². The van der Waals surface area contributed by atoms with Crippen molar-refractivity contribution < 1.29 is 0 Å². The van der Waals surface area contributed by atoms with E-state index in [1.54, 1.807) is 18.8 Å². The molecule has 2 heterocycles. The van der Waals surface area contributed by atoms with Gasteiger partial charge in [0, 0.05) is 20.1 Å². The summed E-state index contributed by atoms with van der Waals surface area (Å²) in [6, 6.07) is 0.240. The second kappa shape index (κ2) is 5.74. The lowest BCUT2D eigenvalue weighted by molar-refractivity contribution is 0.708. The van der Waals surface area contributed by atoms with Crippen LogP contribution in [0, 0.1) is 0 Å². The molecule has 20 heavy (non-hydrogen) atoms. The topological polar surface area (TPSA) is 84.7 Å². The third-order valence-electron chi connectivity index (χ3n) is 3.23. The molecule has 0 radical (unpaired) electrons. The van der Waals surface area contributed by atoms with Crippen molar-refractivity contribution >= 4 is 28.9 Å². The van der Waals surface area contributed by atoms with Crippen LogP contribution in [0.15, 0.2) is 9.59 Å². The Labute approximate surface area is 120 Å². The fourth-order valence-corrected chi connectivity index (χ4v) is 2.58. The Kier molecular flexibility index (Phi) is 4.22. The second-order valence-electron chi connectivity index (χ2n) is 4.82. The number of hydrogen-bond acceptors (Lipinski definition) is 5. The van der Waals surface area contributed by atoms with E-state index in [1.165, 1.54) is 11.6 Å². The molecule has 0 amide bonds. The second-order valence-corrected chi connectivity index (χ2v) is 5.80. The van der Waals surface area contributed by atoms with Crippen molar-refractivity contribution in [2.45, 2.75) is 19.4 Å². The van der Waals surface area contributed by atoms with E-state index in [9.17, 15) is 9.59 Å². The zero-order chi connectivity index (χ0) is 14.9. The van der Waals surface area contributed by atoms with Gasteiger partial charge in [-0.3, -0.25) is 13.9 Å². The summed E-state index contributed by atoms with van der Waals surface area (Å²) in [5.41, 5.74) is -0.0248. The number of hydrogen-bond donors (Lipinski definition) is 2. The van der Waals surface area contributed by atoms with Crippen LogP contribution >= 0.6 is 11.8 Å². The van der Waals surface area contributed by atoms with Crippen LogP contribution in [-0.2, 0) is 14.1 Å². The summed E-state index contributed by atoms with van der Waals surface area (Å²) in [6.07, 6.45) is 3.06. The molecule has 2 N–H and O–H groups in total. The molecular formula is C12H19N5O2S. The normalized spacial score (nSPS) is 12.8. The van der Waals surface area contributed by atoms with Crippen LogP contribution in [0.2, 0.25) is 0 Å². The summed E-state index contributed by atoms with van der Waals surface area (Å²) in [5, 5.41) is 3.22. The van der Waals surface area contributed by atoms with Crippen molar-refractivity contribution in [2.75, 3.05) is 17.3 Å². The van der Waals surface area contributed by atoms with Crippen LogP contribution in [-0.4, -0.2) is 37.2 Å². The third kappa shape index (κ3) is 2.60. The number of aromatic nitrogens is 4. The van der Waals surface area contributed by atoms with Gasteiger partial charge in [-0.05, 0) is 25.4 Å². The Bertz CT molecular complexity index is 730. The molecule has 7 nitrogen and oxygen atoms in total. The highest BCUT2D eigenvalue weighted by Crippen LogP contribution is 2.11. The molecule has 0 aliphatic heterocycles. The minimum Gasteiger partial charge on any atom is -0.353 e. The molecule has 0 saturated carbocycles. The van der Waals surface area contributed by atoms with Gasteiger partial charge in [0.05, 0.1) is 0 Å². The molecule has 2 rings (SSSR count). The summed E-state index contributed by atoms with van der Waals surface area (Å²) in [7, 11) is 3.06. The summed E-state index contributed by atoms with van der Waals surface area (Å²) >= 11 is 1.78. The van der Waals surface area contributed by atoms with Crippen molar-refractivity contribution in [1.29, 1.82) is 0 Å². The average Bonchev–Trinajstić information content (AvgIpc) is 2.84. The van der Waals surface area contributed by atoms with Crippen LogP contribution in [0.4, 0.5) is 5.95 Å². The van der Waals surface area contributed by atoms with Crippen LogP contribution in [0.25, 0.3) is 11.2 Å². The summed E-state index contributed by atoms with van der Waals surface area (Å²) in [6.45, 7) is 2.06. The SMILES string of the molecule is CSCCC(C)Nc1nc2c([nH]1)c(=O)n(C)c(=O)n2C. The van der Waals surface area contributed by atoms with Crippen LogP contribution in [0.5, 0.6) is 0 Å². The average molecular weight is 297 g/mol. The Morgan fingerprint density at radius 3 is 2.70 bits per heavy atom. The molecular weight excluding hydrogens is 278 g/mol. The molecule has 0 aliphatic rings. The Hall–Kier alpha value is -1.70. The molecule has 2 aromatic heterocycles. The van der Waals surface area contributed by atoms with Gasteiger partial charge in [-0.1, -0.05) is 0 Å². The number of imidazole rings is 1. The standard InChI is InChI=1S/C12H19N5O2S/c1-7(5-6-20-4)13-11-14-8-9(15-11)16(2)12(19)17(3)10(8)18/h7H,5-6H2,1-4H3,(H2,13,14,15). The van der Waals surface area contributed by atoms with Crippen molar-refractivity contribution in [3.63, 3.8) is 0 Å². The van der Waals surface area contributed by atoms with Gasteiger partial charge in [-0.2, -0.15) is 16.7 Å². The first-order chi connectivity index (χ1) is 9.45. The molecule has 110 valence electrons. The third-order valence-corrected chi connectivity index (χ3v) is 3.88. The molecule has 0 saturated heterocycles. The van der Waals surface area contributed by atoms with Gasteiger partial charge >= 0.3 is 5.69 Å². The van der Waals surface area contributed by atoms with Crippen molar-refractivity contribution in [1.82, 2.24) is 19.1 Å². The van der Waals surface area contributed by atoms with E-state index in [0.29, 0.717) is 17.1 Å². The fourth-order valence-electron chi connectivity index (χ4n) is 1.99. The first-order valence-electron chi connectivity index (χ1n) is 6.37. The monoisotopic (exact) mass is 297 g/mol. The Morgan fingerprint density at radius 1 is 1.35 bits per heavy atom. The lowest BCUT2D eigenvalue weighted by atomic mass is 10.3. The van der Waals surface area contributed by atoms with Gasteiger partial charge in [0.2, 0.25) is 5.95 Å². The zero-order valence-corrected chi connectivity index (χ0v) is 12.9. The lowest BCUT2D eigenvalue weighted by Gasteiger charge is -2.11. The summed E-state index contributed by atoms with van der Waals surface area (Å²) in [5.74, 6) is 1.57. The first kappa shape index (κ1) is 14.7. The van der Waals surface area contributed by atoms with Crippen molar-refractivity contribution in [3.8, 4) is 0 Å². The Morgan fingerprint density at radius 2 is 2.05 bits per heavy atom. The van der Waals surface area contributed by atoms with Gasteiger partial charge in [-0.25, -0.2) is 4.79 Å². The molecule has 2 aromatic rings. The number of aryl methyl sites for hydroxylation is 1. The molecule has 0 aromatic carbocycles. The van der Waals surface area contributed by atoms with Gasteiger partial charge in [0.15, 0.2) is 11.2 Å². The molecule has 0 spiro atoms. The van der Waals surface area contributed by atoms with Gasteiger partial charge in [0.25, 0.3) is 5.56 Å². The summed E-state index contributed by atoms with van der Waals surface area (Å²) < 4.78 is 2.44. The molecule has 8 heteroatoms. The number of thioether (sulfide) groups is 1. The number of fused-ring (bicyclic) bond motifs is 1. The molecule has 1 unspecified atom stereocenters. The fraction of sp³-hybridized carbons (Fsp3) is 0.583. The van der Waals surface area contributed by atoms with Gasteiger partial charge in [0.1, 0.15) is 0 Å². The number of anilines is 1. The number of nitrogens with zero attached hydrogens (tertiary/aromatic N) is 3. The number of H-pyrrole nitrogens is 1. The highest BCUT2D eigenvalue weighted by Gasteiger charge is 2.14. The van der Waals surface area contributed by atoms with E-state index < -0.39 is 0 Å². The number of nitrogens with one attached hydrogen (secondary N) is 2. The maximum absolute atomic E-state index is 12.0. The predicted molar refractivity (Wildman–Crippen MR) is 82.7 cm³/mol. The summed E-state index contributed by atoms with van der Waals surface area (Å²) in [4.78, 5) is 31.1. The Balaban J connectivity index is 2.39. The van der Waals surface area contributed by atoms with E-state index in [-0.39, 0.29) is 17.3 Å². The van der Waals surface area contributed by atoms with E-state index in [1.807, 2.05) is 0 Å². The lowest BCUT2D eigenvalue weighted by Crippen LogP contribution is -2.36. The zero-order valence-electron chi connectivity index (χ0n) is 12.1. The first-order valence-corrected chi connectivity index (χ1v) is 7.76. The molecule has 0 fully saturated rings. The molecule has 0 bridgehead atoms. The number of rotatable bonds is 5. The largest absolute Gasteiger partial charge is 0.353 e. The molecule has 1 atom stereocenters. The van der Waals surface area contributed by atoms with Crippen LogP contribution in [0.3, 0.4) is 0 Å². The maximum Gasteiger partial charge on any atom is 0.332 e. The minimum absolute atomic E-state index is 0.240. The predicted octanol–water partition coefficient (Wildman–Crippen LogP) is 0.514. The van der Waals surface area contributed by atoms with Gasteiger partial charge < -0.3 is 10.3 Å². The quantitative estimate of drug-likeness (QED) is 0.840. The van der Waals surface area contributed by atoms with E-state index in [4.69, 9.17) is 0 Å². The van der Waals surface area contributed by atoms with E-state index >= 15 is 0 Å². The highest BCUT2D eigenvalue weighted by atomic mass is 32.2. The van der Waals surface area contributed by atoms with E-state index in [2.05, 4.69) is 28.5 Å². The smallest absolute Gasteiger partial charge is 0.332 e. The maximum atomic E-state index is 12.0. The minimum atomic E-state index is -0.379. The number of aromatic amines is 1. The highest BCUT2D eigenvalue weighted by molar-refractivity contribution is 7.98. The van der Waals surface area contributed by atoms with Crippen LogP contribution < -0.4 is 16.6 Å². The van der Waals surface area contributed by atoms with Gasteiger partial charge in [-0.15, -0.1) is 0 Å².